The van der Waals surface area contributed by atoms with Crippen LogP contribution in [-0.2, 0) is 5.54 Å². The Morgan fingerprint density at radius 3 is 2.65 bits per heavy atom. The van der Waals surface area contributed by atoms with Crippen molar-refractivity contribution in [1.82, 2.24) is 34.3 Å². The van der Waals surface area contributed by atoms with Crippen LogP contribution in [0.4, 0.5) is 19.0 Å². The van der Waals surface area contributed by atoms with Crippen LogP contribution in [0.2, 0.25) is 0 Å². The fourth-order valence-electron chi connectivity index (χ4n) is 5.50. The lowest BCUT2D eigenvalue weighted by molar-refractivity contribution is -0.0886. The summed E-state index contributed by atoms with van der Waals surface area (Å²) in [7, 11) is 0. The molecule has 0 N–H and O–H groups in total. The van der Waals surface area contributed by atoms with E-state index in [1.807, 2.05) is 9.47 Å². The Morgan fingerprint density at radius 2 is 1.91 bits per heavy atom. The van der Waals surface area contributed by atoms with Gasteiger partial charge in [-0.1, -0.05) is 19.1 Å². The molecule has 1 aliphatic heterocycles. The zero-order chi connectivity index (χ0) is 23.2. The number of anilines is 1. The summed E-state index contributed by atoms with van der Waals surface area (Å²) in [5, 5.41) is 8.47. The first-order chi connectivity index (χ1) is 16.4. The molecule has 3 aromatic heterocycles. The number of alkyl halides is 2. The topological polar surface area (TPSA) is 77.5 Å². The molecule has 0 amide bonds. The minimum atomic E-state index is -2.68. The maximum absolute atomic E-state index is 14.0. The molecule has 4 aromatic rings. The van der Waals surface area contributed by atoms with Crippen molar-refractivity contribution >= 4 is 5.82 Å². The summed E-state index contributed by atoms with van der Waals surface area (Å²) >= 11 is 0. The second-order valence-electron chi connectivity index (χ2n) is 9.35. The second-order valence-corrected chi connectivity index (χ2v) is 9.35. The number of nitrogens with zero attached hydrogens (tertiary/aromatic N) is 8. The Balaban J connectivity index is 1.39. The number of fused-ring (bicyclic) bond motifs is 4. The van der Waals surface area contributed by atoms with Gasteiger partial charge >= 0.3 is 0 Å². The largest absolute Gasteiger partial charge is 0.338 e. The second kappa shape index (κ2) is 6.43. The van der Waals surface area contributed by atoms with Crippen LogP contribution in [0, 0.1) is 11.7 Å². The number of hydrogen-bond donors (Lipinski definition) is 0. The van der Waals surface area contributed by atoms with E-state index in [4.69, 9.17) is 4.98 Å². The highest BCUT2D eigenvalue weighted by Crippen LogP contribution is 2.62. The van der Waals surface area contributed by atoms with E-state index >= 15 is 0 Å². The van der Waals surface area contributed by atoms with Gasteiger partial charge in [0.2, 0.25) is 5.95 Å². The molecule has 0 radical (unpaired) electrons. The third-order valence-corrected chi connectivity index (χ3v) is 7.24. The molecule has 0 saturated heterocycles. The van der Waals surface area contributed by atoms with Crippen LogP contribution in [0.15, 0.2) is 49.2 Å². The third-order valence-electron chi connectivity index (χ3n) is 7.24. The van der Waals surface area contributed by atoms with Crippen molar-refractivity contribution in [3.63, 3.8) is 0 Å². The number of imidazole rings is 1. The molecule has 2 atom stereocenters. The van der Waals surface area contributed by atoms with Crippen molar-refractivity contribution in [3.05, 3.63) is 60.8 Å². The monoisotopic (exact) mass is 464 g/mol. The molecule has 1 aromatic carbocycles. The highest BCUT2D eigenvalue weighted by Gasteiger charge is 2.67. The fraction of sp³-hybridized carbons (Fsp3) is 0.348. The molecule has 0 bridgehead atoms. The minimum Gasteiger partial charge on any atom is -0.338 e. The average Bonchev–Trinajstić information content (AvgIpc) is 3.20. The van der Waals surface area contributed by atoms with E-state index in [0.29, 0.717) is 28.8 Å². The Labute approximate surface area is 192 Å². The van der Waals surface area contributed by atoms with Crippen molar-refractivity contribution in [1.29, 1.82) is 0 Å². The molecule has 1 spiro atoms. The van der Waals surface area contributed by atoms with E-state index in [2.05, 4.69) is 27.1 Å². The summed E-state index contributed by atoms with van der Waals surface area (Å²) in [6, 6.07) is 5.77. The normalized spacial score (nSPS) is 24.6. The molecule has 11 heteroatoms. The standard InChI is InChI=1S/C23H19F3N8/c1-13-8-23(13)20-31-29-12-33(20)17-11-28-21(30-19(17)34(23)16-9-22(25,26)10-16)32-6-5-27-18(32)14-3-2-4-15(24)7-14/h2-7,11-13,16H,8-10H2,1H3/t13-,23-/m0/s1. The lowest BCUT2D eigenvalue weighted by Gasteiger charge is -2.49. The van der Waals surface area contributed by atoms with Gasteiger partial charge in [-0.3, -0.25) is 9.13 Å². The maximum Gasteiger partial charge on any atom is 0.252 e. The molecule has 2 saturated carbocycles. The van der Waals surface area contributed by atoms with Gasteiger partial charge in [0, 0.05) is 36.8 Å². The Hall–Kier alpha value is -3.76. The predicted octanol–water partition coefficient (Wildman–Crippen LogP) is 3.90. The van der Waals surface area contributed by atoms with Gasteiger partial charge in [0.25, 0.3) is 5.92 Å². The predicted molar refractivity (Wildman–Crippen MR) is 115 cm³/mol. The summed E-state index contributed by atoms with van der Waals surface area (Å²) in [5.74, 6) is -0.723. The van der Waals surface area contributed by atoms with Gasteiger partial charge in [-0.25, -0.2) is 23.1 Å². The minimum absolute atomic E-state index is 0.215. The lowest BCUT2D eigenvalue weighted by Crippen LogP contribution is -2.57. The number of halogens is 3. The molecule has 8 nitrogen and oxygen atoms in total. The third kappa shape index (κ3) is 2.57. The van der Waals surface area contributed by atoms with Crippen LogP contribution in [0.25, 0.3) is 23.0 Å². The molecular weight excluding hydrogens is 445 g/mol. The SMILES string of the molecule is C[C@H]1C[C@@]12c1nncn1-c1cnc(-n3ccnc3-c3cccc(F)c3)nc1N2C1CC(F)(F)C1. The zero-order valence-electron chi connectivity index (χ0n) is 18.1. The summed E-state index contributed by atoms with van der Waals surface area (Å²) in [4.78, 5) is 15.8. The van der Waals surface area contributed by atoms with Gasteiger partial charge in [0.1, 0.15) is 29.2 Å². The highest BCUT2D eigenvalue weighted by molar-refractivity contribution is 5.67. The quantitative estimate of drug-likeness (QED) is 0.458. The highest BCUT2D eigenvalue weighted by atomic mass is 19.3. The fourth-order valence-corrected chi connectivity index (χ4v) is 5.50. The number of rotatable bonds is 3. The smallest absolute Gasteiger partial charge is 0.252 e. The van der Waals surface area contributed by atoms with Gasteiger partial charge in [-0.15, -0.1) is 10.2 Å². The molecule has 0 unspecified atom stereocenters. The average molecular weight is 464 g/mol. The lowest BCUT2D eigenvalue weighted by atomic mass is 9.84. The Bertz CT molecular complexity index is 1440. The van der Waals surface area contributed by atoms with Crippen LogP contribution in [-0.4, -0.2) is 46.2 Å². The van der Waals surface area contributed by atoms with Crippen LogP contribution >= 0.6 is 0 Å². The van der Waals surface area contributed by atoms with E-state index in [1.165, 1.54) is 12.1 Å². The summed E-state index contributed by atoms with van der Waals surface area (Å²) < 4.78 is 45.3. The van der Waals surface area contributed by atoms with Crippen LogP contribution < -0.4 is 4.90 Å². The van der Waals surface area contributed by atoms with Gasteiger partial charge in [0.05, 0.1) is 6.20 Å². The molecule has 34 heavy (non-hydrogen) atoms. The van der Waals surface area contributed by atoms with E-state index in [9.17, 15) is 13.2 Å². The van der Waals surface area contributed by atoms with Crippen molar-refractivity contribution in [2.24, 2.45) is 5.92 Å². The van der Waals surface area contributed by atoms with E-state index in [-0.39, 0.29) is 30.6 Å². The maximum atomic E-state index is 14.0. The molecule has 3 aliphatic rings. The zero-order valence-corrected chi connectivity index (χ0v) is 18.1. The summed E-state index contributed by atoms with van der Waals surface area (Å²) in [6.07, 6.45) is 6.89. The molecule has 2 fully saturated rings. The number of benzene rings is 1. The molecule has 7 rings (SSSR count). The van der Waals surface area contributed by atoms with E-state index in [0.717, 1.165) is 12.2 Å². The molecule has 172 valence electrons. The van der Waals surface area contributed by atoms with Crippen LogP contribution in [0.1, 0.15) is 32.0 Å². The van der Waals surface area contributed by atoms with Crippen molar-refractivity contribution in [2.75, 3.05) is 4.90 Å². The first-order valence-electron chi connectivity index (χ1n) is 11.1. The first-order valence-corrected chi connectivity index (χ1v) is 11.1. The van der Waals surface area contributed by atoms with Crippen molar-refractivity contribution in [2.45, 2.75) is 43.7 Å². The van der Waals surface area contributed by atoms with E-state index in [1.54, 1.807) is 41.6 Å². The molecular formula is C23H19F3N8. The number of aromatic nitrogens is 7. The van der Waals surface area contributed by atoms with Gasteiger partial charge in [-0.05, 0) is 24.5 Å². The molecule has 2 aliphatic carbocycles. The molecule has 4 heterocycles. The van der Waals surface area contributed by atoms with Gasteiger partial charge < -0.3 is 4.90 Å². The van der Waals surface area contributed by atoms with Crippen LogP contribution in [0.5, 0.6) is 0 Å². The van der Waals surface area contributed by atoms with Crippen molar-refractivity contribution < 1.29 is 13.2 Å². The Kier molecular flexibility index (Phi) is 3.72. The number of hydrogen-bond acceptors (Lipinski definition) is 6. The first kappa shape index (κ1) is 19.7. The van der Waals surface area contributed by atoms with E-state index < -0.39 is 11.5 Å². The van der Waals surface area contributed by atoms with Crippen LogP contribution in [0.3, 0.4) is 0 Å². The van der Waals surface area contributed by atoms with Gasteiger partial charge in [0.15, 0.2) is 11.6 Å². The van der Waals surface area contributed by atoms with Crippen molar-refractivity contribution in [3.8, 4) is 23.0 Å². The summed E-state index contributed by atoms with van der Waals surface area (Å²) in [6.45, 7) is 2.09. The summed E-state index contributed by atoms with van der Waals surface area (Å²) in [5.41, 5.74) is 0.711. The van der Waals surface area contributed by atoms with Gasteiger partial charge in [-0.2, -0.15) is 4.98 Å². The Morgan fingerprint density at radius 1 is 1.09 bits per heavy atom.